The van der Waals surface area contributed by atoms with Gasteiger partial charge < -0.3 is 5.73 Å². The summed E-state index contributed by atoms with van der Waals surface area (Å²) in [6, 6.07) is 10.2. The first-order valence-electron chi connectivity index (χ1n) is 6.10. The van der Waals surface area contributed by atoms with E-state index in [2.05, 4.69) is 36.2 Å². The topological polar surface area (TPSA) is 54.7 Å². The van der Waals surface area contributed by atoms with Gasteiger partial charge in [0.25, 0.3) is 0 Å². The first-order chi connectivity index (χ1) is 8.22. The first kappa shape index (κ1) is 11.7. The van der Waals surface area contributed by atoms with Crippen molar-refractivity contribution >= 4 is 5.82 Å². The number of nitrogens with two attached hydrogens (primary N) is 1. The van der Waals surface area contributed by atoms with Crippen LogP contribution in [0.4, 0.5) is 5.82 Å². The van der Waals surface area contributed by atoms with Gasteiger partial charge in [-0.1, -0.05) is 50.6 Å². The standard InChI is InChI=1S/C14H19N3/c1-3-10(2)9-12-13(14(15)17-16-12)11-7-5-4-6-8-11/h4-8,10H,3,9H2,1-2H3,(H3,15,16,17). The van der Waals surface area contributed by atoms with Gasteiger partial charge in [-0.05, 0) is 17.9 Å². The number of rotatable bonds is 4. The number of nitrogens with zero attached hydrogens (tertiary/aromatic N) is 1. The van der Waals surface area contributed by atoms with E-state index >= 15 is 0 Å². The fourth-order valence-corrected chi connectivity index (χ4v) is 1.96. The third kappa shape index (κ3) is 2.49. The van der Waals surface area contributed by atoms with Crippen LogP contribution in [0.1, 0.15) is 26.0 Å². The molecule has 2 aromatic rings. The summed E-state index contributed by atoms with van der Waals surface area (Å²) in [7, 11) is 0. The van der Waals surface area contributed by atoms with Crippen LogP contribution in [0.3, 0.4) is 0 Å². The normalized spacial score (nSPS) is 12.6. The summed E-state index contributed by atoms with van der Waals surface area (Å²) < 4.78 is 0. The minimum Gasteiger partial charge on any atom is -0.382 e. The van der Waals surface area contributed by atoms with Gasteiger partial charge in [0.05, 0.1) is 0 Å². The third-order valence-electron chi connectivity index (χ3n) is 3.18. The molecule has 0 aliphatic carbocycles. The first-order valence-corrected chi connectivity index (χ1v) is 6.10. The molecule has 3 heteroatoms. The molecule has 1 aromatic heterocycles. The van der Waals surface area contributed by atoms with E-state index in [-0.39, 0.29) is 0 Å². The van der Waals surface area contributed by atoms with Crippen LogP contribution in [0.25, 0.3) is 11.1 Å². The van der Waals surface area contributed by atoms with E-state index in [9.17, 15) is 0 Å². The minimum atomic E-state index is 0.592. The number of nitrogens with one attached hydrogen (secondary N) is 1. The maximum absolute atomic E-state index is 5.95. The summed E-state index contributed by atoms with van der Waals surface area (Å²) in [6.45, 7) is 4.44. The quantitative estimate of drug-likeness (QED) is 0.845. The molecule has 2 rings (SSSR count). The lowest BCUT2D eigenvalue weighted by molar-refractivity contribution is 0.552. The smallest absolute Gasteiger partial charge is 0.153 e. The van der Waals surface area contributed by atoms with Crippen molar-refractivity contribution in [1.82, 2.24) is 10.2 Å². The SMILES string of the molecule is CCC(C)Cc1[nH]nc(N)c1-c1ccccc1. The van der Waals surface area contributed by atoms with Crippen LogP contribution in [0.5, 0.6) is 0 Å². The Morgan fingerprint density at radius 3 is 2.65 bits per heavy atom. The van der Waals surface area contributed by atoms with Crippen LogP contribution < -0.4 is 5.73 Å². The summed E-state index contributed by atoms with van der Waals surface area (Å²) in [6.07, 6.45) is 2.15. The molecule has 3 nitrogen and oxygen atoms in total. The highest BCUT2D eigenvalue weighted by atomic mass is 15.2. The van der Waals surface area contributed by atoms with Gasteiger partial charge in [-0.15, -0.1) is 0 Å². The molecule has 1 atom stereocenters. The fourth-order valence-electron chi connectivity index (χ4n) is 1.96. The van der Waals surface area contributed by atoms with E-state index in [0.717, 1.165) is 29.7 Å². The summed E-state index contributed by atoms with van der Waals surface area (Å²) in [5, 5.41) is 7.20. The van der Waals surface area contributed by atoms with Crippen molar-refractivity contribution in [1.29, 1.82) is 0 Å². The van der Waals surface area contributed by atoms with E-state index in [0.29, 0.717) is 11.7 Å². The van der Waals surface area contributed by atoms with Crippen molar-refractivity contribution in [3.05, 3.63) is 36.0 Å². The molecular formula is C14H19N3. The highest BCUT2D eigenvalue weighted by Gasteiger charge is 2.14. The predicted octanol–water partition coefficient (Wildman–Crippen LogP) is 3.25. The zero-order chi connectivity index (χ0) is 12.3. The lowest BCUT2D eigenvalue weighted by atomic mass is 9.97. The highest BCUT2D eigenvalue weighted by Crippen LogP contribution is 2.29. The Balaban J connectivity index is 2.36. The molecule has 3 N–H and O–H groups in total. The molecule has 0 aliphatic rings. The molecule has 0 bridgehead atoms. The number of hydrogen-bond donors (Lipinski definition) is 2. The van der Waals surface area contributed by atoms with Crippen LogP contribution in [-0.4, -0.2) is 10.2 Å². The van der Waals surface area contributed by atoms with Crippen LogP contribution in [0, 0.1) is 5.92 Å². The Morgan fingerprint density at radius 2 is 2.00 bits per heavy atom. The Hall–Kier alpha value is -1.77. The van der Waals surface area contributed by atoms with Crippen LogP contribution in [-0.2, 0) is 6.42 Å². The molecular weight excluding hydrogens is 210 g/mol. The maximum atomic E-state index is 5.95. The lowest BCUT2D eigenvalue weighted by Gasteiger charge is -2.09. The molecule has 0 fully saturated rings. The zero-order valence-electron chi connectivity index (χ0n) is 10.4. The van der Waals surface area contributed by atoms with Crippen LogP contribution >= 0.6 is 0 Å². The van der Waals surface area contributed by atoms with E-state index in [1.54, 1.807) is 0 Å². The zero-order valence-corrected chi connectivity index (χ0v) is 10.4. The van der Waals surface area contributed by atoms with Gasteiger partial charge in [0, 0.05) is 11.3 Å². The fraction of sp³-hybridized carbons (Fsp3) is 0.357. The van der Waals surface area contributed by atoms with E-state index in [1.165, 1.54) is 0 Å². The molecule has 1 unspecified atom stereocenters. The Bertz CT molecular complexity index is 473. The second kappa shape index (κ2) is 5.04. The van der Waals surface area contributed by atoms with Crippen molar-refractivity contribution in [2.45, 2.75) is 26.7 Å². The van der Waals surface area contributed by atoms with Gasteiger partial charge in [0.15, 0.2) is 5.82 Å². The van der Waals surface area contributed by atoms with Crippen LogP contribution in [0.2, 0.25) is 0 Å². The number of anilines is 1. The molecule has 0 saturated heterocycles. The summed E-state index contributed by atoms with van der Waals surface area (Å²) in [5.74, 6) is 1.23. The average molecular weight is 229 g/mol. The lowest BCUT2D eigenvalue weighted by Crippen LogP contribution is -2.00. The van der Waals surface area contributed by atoms with Crippen molar-refractivity contribution in [3.63, 3.8) is 0 Å². The maximum Gasteiger partial charge on any atom is 0.153 e. The molecule has 1 aromatic carbocycles. The number of nitrogen functional groups attached to an aromatic ring is 1. The van der Waals surface area contributed by atoms with Crippen molar-refractivity contribution in [2.75, 3.05) is 5.73 Å². The molecule has 0 spiro atoms. The molecule has 90 valence electrons. The van der Waals surface area contributed by atoms with E-state index < -0.39 is 0 Å². The largest absolute Gasteiger partial charge is 0.382 e. The average Bonchev–Trinajstić information content (AvgIpc) is 2.71. The highest BCUT2D eigenvalue weighted by molar-refractivity contribution is 5.76. The number of benzene rings is 1. The van der Waals surface area contributed by atoms with Crippen molar-refractivity contribution in [2.24, 2.45) is 5.92 Å². The molecule has 0 saturated carbocycles. The van der Waals surface area contributed by atoms with Gasteiger partial charge in [-0.2, -0.15) is 5.10 Å². The Labute approximate surface area is 102 Å². The van der Waals surface area contributed by atoms with Crippen molar-refractivity contribution < 1.29 is 0 Å². The summed E-state index contributed by atoms with van der Waals surface area (Å²) in [5.41, 5.74) is 9.29. The molecule has 17 heavy (non-hydrogen) atoms. The second-order valence-corrected chi connectivity index (χ2v) is 4.55. The van der Waals surface area contributed by atoms with Crippen molar-refractivity contribution in [3.8, 4) is 11.1 Å². The Kier molecular flexibility index (Phi) is 3.47. The number of aromatic amines is 1. The number of hydrogen-bond acceptors (Lipinski definition) is 2. The molecule has 0 amide bonds. The van der Waals surface area contributed by atoms with Gasteiger partial charge in [0.2, 0.25) is 0 Å². The van der Waals surface area contributed by atoms with Gasteiger partial charge in [-0.25, -0.2) is 0 Å². The van der Waals surface area contributed by atoms with E-state index in [4.69, 9.17) is 5.73 Å². The monoisotopic (exact) mass is 229 g/mol. The summed E-state index contributed by atoms with van der Waals surface area (Å²) >= 11 is 0. The van der Waals surface area contributed by atoms with Gasteiger partial charge in [0.1, 0.15) is 0 Å². The van der Waals surface area contributed by atoms with Gasteiger partial charge >= 0.3 is 0 Å². The van der Waals surface area contributed by atoms with E-state index in [1.807, 2.05) is 18.2 Å². The number of aromatic nitrogens is 2. The summed E-state index contributed by atoms with van der Waals surface area (Å²) in [4.78, 5) is 0. The molecule has 0 radical (unpaired) electrons. The minimum absolute atomic E-state index is 0.592. The second-order valence-electron chi connectivity index (χ2n) is 4.55. The predicted molar refractivity (Wildman–Crippen MR) is 71.6 cm³/mol. The molecule has 0 aliphatic heterocycles. The Morgan fingerprint density at radius 1 is 1.29 bits per heavy atom. The number of H-pyrrole nitrogens is 1. The molecule has 1 heterocycles. The third-order valence-corrected chi connectivity index (χ3v) is 3.18. The van der Waals surface area contributed by atoms with Gasteiger partial charge in [-0.3, -0.25) is 5.10 Å². The van der Waals surface area contributed by atoms with Crippen LogP contribution in [0.15, 0.2) is 30.3 Å².